The molecule has 1 aliphatic heterocycles. The number of nitrogens with zero attached hydrogens (tertiary/aromatic N) is 1. The molecule has 1 heterocycles. The first-order valence-corrected chi connectivity index (χ1v) is 7.31. The summed E-state index contributed by atoms with van der Waals surface area (Å²) in [6, 6.07) is 0.0972. The third-order valence-corrected chi connectivity index (χ3v) is 4.64. The summed E-state index contributed by atoms with van der Waals surface area (Å²) in [5.41, 5.74) is 0. The summed E-state index contributed by atoms with van der Waals surface area (Å²) >= 11 is 0. The van der Waals surface area contributed by atoms with Gasteiger partial charge in [-0.3, -0.25) is 9.59 Å². The van der Waals surface area contributed by atoms with E-state index in [2.05, 4.69) is 5.32 Å². The molecule has 0 radical (unpaired) electrons. The Labute approximate surface area is 113 Å². The second-order valence-corrected chi connectivity index (χ2v) is 5.98. The molecule has 0 aromatic carbocycles. The van der Waals surface area contributed by atoms with Crippen molar-refractivity contribution < 1.29 is 14.3 Å². The SMILES string of the molecule is COCCNC(=O)C1C2CCC(C2)N1C(=O)C1CC1. The minimum absolute atomic E-state index is 0.0123. The number of methoxy groups -OCH3 is 1. The number of nitrogens with one attached hydrogen (secondary N) is 1. The van der Waals surface area contributed by atoms with Crippen molar-refractivity contribution in [2.45, 2.75) is 44.2 Å². The molecule has 2 saturated carbocycles. The molecular formula is C14H22N2O3. The largest absolute Gasteiger partial charge is 0.383 e. The molecule has 0 aromatic heterocycles. The molecule has 2 amide bonds. The van der Waals surface area contributed by atoms with E-state index in [1.54, 1.807) is 7.11 Å². The fraction of sp³-hybridized carbons (Fsp3) is 0.857. The number of hydrogen-bond acceptors (Lipinski definition) is 3. The zero-order valence-corrected chi connectivity index (χ0v) is 11.4. The number of hydrogen-bond donors (Lipinski definition) is 1. The predicted molar refractivity (Wildman–Crippen MR) is 69.4 cm³/mol. The lowest BCUT2D eigenvalue weighted by atomic mass is 9.97. The zero-order valence-electron chi connectivity index (χ0n) is 11.4. The molecule has 0 spiro atoms. The van der Waals surface area contributed by atoms with Crippen molar-refractivity contribution in [2.75, 3.05) is 20.3 Å². The number of likely N-dealkylation sites (tertiary alicyclic amines) is 1. The van der Waals surface area contributed by atoms with E-state index in [1.165, 1.54) is 0 Å². The Hall–Kier alpha value is -1.10. The van der Waals surface area contributed by atoms with Crippen LogP contribution in [0.1, 0.15) is 32.1 Å². The maximum absolute atomic E-state index is 12.4. The molecule has 1 N–H and O–H groups in total. The first kappa shape index (κ1) is 12.9. The number of fused-ring (bicyclic) bond motifs is 2. The van der Waals surface area contributed by atoms with E-state index < -0.39 is 0 Å². The van der Waals surface area contributed by atoms with Crippen LogP contribution < -0.4 is 5.32 Å². The molecule has 3 rings (SSSR count). The van der Waals surface area contributed by atoms with Gasteiger partial charge in [-0.15, -0.1) is 0 Å². The van der Waals surface area contributed by atoms with Gasteiger partial charge in [0.1, 0.15) is 6.04 Å². The lowest BCUT2D eigenvalue weighted by Gasteiger charge is -2.34. The highest BCUT2D eigenvalue weighted by Crippen LogP contribution is 2.45. The number of amides is 2. The van der Waals surface area contributed by atoms with Gasteiger partial charge in [-0.05, 0) is 38.0 Å². The second kappa shape index (κ2) is 5.12. The van der Waals surface area contributed by atoms with Crippen LogP contribution in [-0.4, -0.2) is 49.1 Å². The number of carbonyl (C=O) groups excluding carboxylic acids is 2. The number of rotatable bonds is 5. The average Bonchev–Trinajstić information content (AvgIpc) is 3.06. The topological polar surface area (TPSA) is 58.6 Å². The summed E-state index contributed by atoms with van der Waals surface area (Å²) in [7, 11) is 1.62. The van der Waals surface area contributed by atoms with Gasteiger partial charge in [0, 0.05) is 25.6 Å². The molecule has 1 saturated heterocycles. The van der Waals surface area contributed by atoms with Crippen LogP contribution in [0.15, 0.2) is 0 Å². The smallest absolute Gasteiger partial charge is 0.243 e. The molecule has 3 fully saturated rings. The molecule has 5 heteroatoms. The van der Waals surface area contributed by atoms with Crippen molar-refractivity contribution in [3.63, 3.8) is 0 Å². The van der Waals surface area contributed by atoms with Crippen LogP contribution in [0, 0.1) is 11.8 Å². The molecule has 2 bridgehead atoms. The predicted octanol–water partition coefficient (Wildman–Crippen LogP) is 0.538. The minimum atomic E-state index is -0.219. The Morgan fingerprint density at radius 1 is 1.26 bits per heavy atom. The van der Waals surface area contributed by atoms with Crippen LogP contribution in [-0.2, 0) is 14.3 Å². The third kappa shape index (κ3) is 2.36. The molecule has 106 valence electrons. The summed E-state index contributed by atoms with van der Waals surface area (Å²) < 4.78 is 4.94. The molecule has 0 aromatic rings. The number of ether oxygens (including phenoxy) is 1. The molecule has 2 aliphatic carbocycles. The lowest BCUT2D eigenvalue weighted by Crippen LogP contribution is -2.53. The Kier molecular flexibility index (Phi) is 3.48. The van der Waals surface area contributed by atoms with Crippen LogP contribution in [0.5, 0.6) is 0 Å². The van der Waals surface area contributed by atoms with Crippen molar-refractivity contribution in [3.8, 4) is 0 Å². The van der Waals surface area contributed by atoms with E-state index in [0.29, 0.717) is 25.1 Å². The number of carbonyl (C=O) groups is 2. The molecule has 5 nitrogen and oxygen atoms in total. The van der Waals surface area contributed by atoms with Gasteiger partial charge < -0.3 is 15.0 Å². The van der Waals surface area contributed by atoms with E-state index in [9.17, 15) is 9.59 Å². The monoisotopic (exact) mass is 266 g/mol. The van der Waals surface area contributed by atoms with Gasteiger partial charge in [-0.1, -0.05) is 0 Å². The minimum Gasteiger partial charge on any atom is -0.383 e. The maximum atomic E-state index is 12.4. The van der Waals surface area contributed by atoms with Crippen molar-refractivity contribution in [1.82, 2.24) is 10.2 Å². The summed E-state index contributed by atoms with van der Waals surface area (Å²) in [4.78, 5) is 26.6. The summed E-state index contributed by atoms with van der Waals surface area (Å²) in [5.74, 6) is 0.807. The van der Waals surface area contributed by atoms with Crippen molar-refractivity contribution in [1.29, 1.82) is 0 Å². The fourth-order valence-corrected chi connectivity index (χ4v) is 3.56. The normalized spacial score (nSPS) is 32.7. The van der Waals surface area contributed by atoms with Crippen molar-refractivity contribution in [3.05, 3.63) is 0 Å². The highest BCUT2D eigenvalue weighted by Gasteiger charge is 2.53. The fourth-order valence-electron chi connectivity index (χ4n) is 3.56. The average molecular weight is 266 g/mol. The van der Waals surface area contributed by atoms with E-state index in [0.717, 1.165) is 32.1 Å². The van der Waals surface area contributed by atoms with Crippen LogP contribution in [0.3, 0.4) is 0 Å². The van der Waals surface area contributed by atoms with E-state index in [-0.39, 0.29) is 23.8 Å². The maximum Gasteiger partial charge on any atom is 0.243 e. The quantitative estimate of drug-likeness (QED) is 0.739. The van der Waals surface area contributed by atoms with Gasteiger partial charge in [0.25, 0.3) is 0 Å². The second-order valence-electron chi connectivity index (χ2n) is 5.98. The summed E-state index contributed by atoms with van der Waals surface area (Å²) in [5, 5.41) is 2.90. The highest BCUT2D eigenvalue weighted by atomic mass is 16.5. The number of piperidine rings is 1. The van der Waals surface area contributed by atoms with Gasteiger partial charge in [0.15, 0.2) is 0 Å². The molecule has 3 unspecified atom stereocenters. The summed E-state index contributed by atoms with van der Waals surface area (Å²) in [6.07, 6.45) is 5.18. The Morgan fingerprint density at radius 3 is 2.74 bits per heavy atom. The Balaban J connectivity index is 1.66. The lowest BCUT2D eigenvalue weighted by molar-refractivity contribution is -0.143. The van der Waals surface area contributed by atoms with Crippen molar-refractivity contribution >= 4 is 11.8 Å². The standard InChI is InChI=1S/C14H22N2O3/c1-19-7-6-15-13(17)12-10-4-5-11(8-10)16(12)14(18)9-2-3-9/h9-12H,2-8H2,1H3,(H,15,17). The highest BCUT2D eigenvalue weighted by molar-refractivity contribution is 5.90. The molecule has 3 atom stereocenters. The van der Waals surface area contributed by atoms with Gasteiger partial charge >= 0.3 is 0 Å². The van der Waals surface area contributed by atoms with Crippen LogP contribution >= 0.6 is 0 Å². The first-order chi connectivity index (χ1) is 9.22. The van der Waals surface area contributed by atoms with Gasteiger partial charge in [0.05, 0.1) is 6.61 Å². The van der Waals surface area contributed by atoms with Gasteiger partial charge in [-0.25, -0.2) is 0 Å². The van der Waals surface area contributed by atoms with Crippen LogP contribution in [0.4, 0.5) is 0 Å². The van der Waals surface area contributed by atoms with E-state index in [1.807, 2.05) is 4.90 Å². The Bertz CT molecular complexity index is 381. The molecular weight excluding hydrogens is 244 g/mol. The van der Waals surface area contributed by atoms with Crippen LogP contribution in [0.2, 0.25) is 0 Å². The zero-order chi connectivity index (χ0) is 13.4. The third-order valence-electron chi connectivity index (χ3n) is 4.64. The van der Waals surface area contributed by atoms with Gasteiger partial charge in [0.2, 0.25) is 11.8 Å². The summed E-state index contributed by atoms with van der Waals surface area (Å²) in [6.45, 7) is 1.04. The first-order valence-electron chi connectivity index (χ1n) is 7.31. The van der Waals surface area contributed by atoms with E-state index in [4.69, 9.17) is 4.74 Å². The van der Waals surface area contributed by atoms with Gasteiger partial charge in [-0.2, -0.15) is 0 Å². The van der Waals surface area contributed by atoms with Crippen LogP contribution in [0.25, 0.3) is 0 Å². The van der Waals surface area contributed by atoms with Crippen molar-refractivity contribution in [2.24, 2.45) is 11.8 Å². The van der Waals surface area contributed by atoms with E-state index >= 15 is 0 Å². The Morgan fingerprint density at radius 2 is 2.05 bits per heavy atom. The molecule has 3 aliphatic rings. The molecule has 19 heavy (non-hydrogen) atoms.